The van der Waals surface area contributed by atoms with Crippen molar-refractivity contribution in [2.45, 2.75) is 51.5 Å². The molecule has 1 unspecified atom stereocenters. The number of anilines is 1. The van der Waals surface area contributed by atoms with Crippen molar-refractivity contribution in [2.75, 3.05) is 24.5 Å². The van der Waals surface area contributed by atoms with Crippen LogP contribution in [0, 0.1) is 0 Å². The molecule has 0 spiro atoms. The largest absolute Gasteiger partial charge is 0.360 e. The second-order valence-electron chi connectivity index (χ2n) is 6.34. The summed E-state index contributed by atoms with van der Waals surface area (Å²) >= 11 is 0. The number of para-hydroxylation sites is 1. The Hall–Kier alpha value is -1.51. The summed E-state index contributed by atoms with van der Waals surface area (Å²) in [4.78, 5) is 17.2. The molecule has 2 aliphatic heterocycles. The van der Waals surface area contributed by atoms with Gasteiger partial charge in [-0.25, -0.2) is 0 Å². The summed E-state index contributed by atoms with van der Waals surface area (Å²) in [6.07, 6.45) is 7.14. The minimum atomic E-state index is -0.0375. The summed E-state index contributed by atoms with van der Waals surface area (Å²) in [7, 11) is 0. The Morgan fingerprint density at radius 2 is 1.71 bits per heavy atom. The summed E-state index contributed by atoms with van der Waals surface area (Å²) in [5.41, 5.74) is 2.65. The zero-order chi connectivity index (χ0) is 14.7. The van der Waals surface area contributed by atoms with E-state index in [0.29, 0.717) is 5.91 Å². The van der Waals surface area contributed by atoms with E-state index in [9.17, 15) is 4.79 Å². The Kier molecular flexibility index (Phi) is 4.47. The van der Waals surface area contributed by atoms with Crippen LogP contribution in [0.3, 0.4) is 0 Å². The number of carbonyl (C=O) groups is 1. The van der Waals surface area contributed by atoms with Gasteiger partial charge >= 0.3 is 0 Å². The lowest BCUT2D eigenvalue weighted by Gasteiger charge is -2.37. The molecule has 0 aliphatic carbocycles. The van der Waals surface area contributed by atoms with Crippen molar-refractivity contribution in [3.8, 4) is 0 Å². The fraction of sp³-hybridized carbons (Fsp3) is 0.611. The third kappa shape index (κ3) is 3.07. The third-order valence-electron chi connectivity index (χ3n) is 4.89. The molecule has 1 saturated heterocycles. The highest BCUT2D eigenvalue weighted by atomic mass is 16.2. The van der Waals surface area contributed by atoms with Crippen LogP contribution >= 0.6 is 0 Å². The first kappa shape index (κ1) is 14.4. The molecule has 1 fully saturated rings. The predicted molar refractivity (Wildman–Crippen MR) is 86.6 cm³/mol. The van der Waals surface area contributed by atoms with E-state index in [4.69, 9.17) is 0 Å². The molecule has 0 aromatic heterocycles. The van der Waals surface area contributed by atoms with Crippen LogP contribution in [0.4, 0.5) is 5.69 Å². The summed E-state index contributed by atoms with van der Waals surface area (Å²) in [5.74, 6) is 0.314. The van der Waals surface area contributed by atoms with Crippen LogP contribution in [0.5, 0.6) is 0 Å². The fourth-order valence-electron chi connectivity index (χ4n) is 3.65. The molecule has 0 saturated carbocycles. The number of likely N-dealkylation sites (tertiary alicyclic amines) is 1. The first-order valence-electron chi connectivity index (χ1n) is 8.41. The van der Waals surface area contributed by atoms with E-state index in [1.54, 1.807) is 0 Å². The maximum absolute atomic E-state index is 12.8. The Morgan fingerprint density at radius 1 is 1.00 bits per heavy atom. The molecule has 1 atom stereocenters. The van der Waals surface area contributed by atoms with Gasteiger partial charge in [0, 0.05) is 25.3 Å². The second-order valence-corrected chi connectivity index (χ2v) is 6.34. The van der Waals surface area contributed by atoms with Crippen LogP contribution in [0.15, 0.2) is 24.3 Å². The molecule has 1 amide bonds. The van der Waals surface area contributed by atoms with Gasteiger partial charge in [-0.1, -0.05) is 31.0 Å². The van der Waals surface area contributed by atoms with Crippen molar-refractivity contribution in [1.82, 2.24) is 4.90 Å². The number of rotatable bonds is 2. The maximum Gasteiger partial charge on any atom is 0.244 e. The number of amides is 1. The molecule has 0 N–H and O–H groups in total. The molecule has 3 rings (SSSR count). The number of benzene rings is 1. The van der Waals surface area contributed by atoms with Crippen LogP contribution < -0.4 is 4.90 Å². The number of nitrogens with zero attached hydrogens (tertiary/aromatic N) is 2. The van der Waals surface area contributed by atoms with E-state index in [-0.39, 0.29) is 6.04 Å². The van der Waals surface area contributed by atoms with Gasteiger partial charge in [0.05, 0.1) is 0 Å². The minimum absolute atomic E-state index is 0.0375. The van der Waals surface area contributed by atoms with Gasteiger partial charge in [-0.2, -0.15) is 0 Å². The molecule has 1 aromatic carbocycles. The van der Waals surface area contributed by atoms with Crippen LogP contribution in [-0.4, -0.2) is 36.5 Å². The van der Waals surface area contributed by atoms with E-state index in [1.807, 2.05) is 0 Å². The van der Waals surface area contributed by atoms with Gasteiger partial charge in [0.15, 0.2) is 0 Å². The van der Waals surface area contributed by atoms with E-state index in [2.05, 4.69) is 41.0 Å². The van der Waals surface area contributed by atoms with Gasteiger partial charge in [-0.3, -0.25) is 4.79 Å². The van der Waals surface area contributed by atoms with Crippen LogP contribution in [-0.2, 0) is 11.2 Å². The van der Waals surface area contributed by atoms with Gasteiger partial charge in [-0.05, 0) is 44.2 Å². The molecule has 2 aliphatic rings. The molecular formula is C18H26N2O. The molecule has 3 heteroatoms. The monoisotopic (exact) mass is 286 g/mol. The lowest BCUT2D eigenvalue weighted by molar-refractivity contribution is -0.132. The summed E-state index contributed by atoms with van der Waals surface area (Å²) in [5, 5.41) is 0. The van der Waals surface area contributed by atoms with Crippen molar-refractivity contribution in [1.29, 1.82) is 0 Å². The van der Waals surface area contributed by atoms with E-state index < -0.39 is 0 Å². The minimum Gasteiger partial charge on any atom is -0.360 e. The third-order valence-corrected chi connectivity index (χ3v) is 4.89. The van der Waals surface area contributed by atoms with Gasteiger partial charge in [0.25, 0.3) is 0 Å². The van der Waals surface area contributed by atoms with E-state index in [0.717, 1.165) is 45.3 Å². The normalized spacial score (nSPS) is 20.6. The predicted octanol–water partition coefficient (Wildman–Crippen LogP) is 3.23. The number of fused-ring (bicyclic) bond motifs is 1. The van der Waals surface area contributed by atoms with Crippen molar-refractivity contribution in [3.05, 3.63) is 29.8 Å². The lowest BCUT2D eigenvalue weighted by Crippen LogP contribution is -2.49. The Balaban J connectivity index is 1.75. The highest BCUT2D eigenvalue weighted by molar-refractivity contribution is 5.85. The highest BCUT2D eigenvalue weighted by Gasteiger charge is 2.29. The molecular weight excluding hydrogens is 260 g/mol. The molecule has 3 nitrogen and oxygen atoms in total. The van der Waals surface area contributed by atoms with Gasteiger partial charge in [-0.15, -0.1) is 0 Å². The van der Waals surface area contributed by atoms with Crippen LogP contribution in [0.25, 0.3) is 0 Å². The van der Waals surface area contributed by atoms with Crippen molar-refractivity contribution >= 4 is 11.6 Å². The molecule has 0 radical (unpaired) electrons. The fourth-order valence-corrected chi connectivity index (χ4v) is 3.65. The van der Waals surface area contributed by atoms with Crippen molar-refractivity contribution < 1.29 is 4.79 Å². The number of hydrogen-bond acceptors (Lipinski definition) is 2. The SMILES string of the molecule is CC(C(=O)N1CCCCCC1)N1CCCc2ccccc21. The molecule has 21 heavy (non-hydrogen) atoms. The quantitative estimate of drug-likeness (QED) is 0.833. The lowest BCUT2D eigenvalue weighted by atomic mass is 10.00. The van der Waals surface area contributed by atoms with Crippen LogP contribution in [0.1, 0.15) is 44.6 Å². The smallest absolute Gasteiger partial charge is 0.244 e. The van der Waals surface area contributed by atoms with Gasteiger partial charge < -0.3 is 9.80 Å². The van der Waals surface area contributed by atoms with Crippen molar-refractivity contribution in [2.24, 2.45) is 0 Å². The zero-order valence-electron chi connectivity index (χ0n) is 13.1. The summed E-state index contributed by atoms with van der Waals surface area (Å²) in [6, 6.07) is 8.51. The summed E-state index contributed by atoms with van der Waals surface area (Å²) < 4.78 is 0. The molecule has 2 heterocycles. The first-order chi connectivity index (χ1) is 10.3. The van der Waals surface area contributed by atoms with Crippen LogP contribution in [0.2, 0.25) is 0 Å². The standard InChI is InChI=1S/C18H26N2O/c1-15(18(21)19-12-6-2-3-7-13-19)20-14-8-10-16-9-4-5-11-17(16)20/h4-5,9,11,15H,2-3,6-8,10,12-14H2,1H3. The Morgan fingerprint density at radius 3 is 2.48 bits per heavy atom. The number of aryl methyl sites for hydroxylation is 1. The zero-order valence-corrected chi connectivity index (χ0v) is 13.1. The number of hydrogen-bond donors (Lipinski definition) is 0. The van der Waals surface area contributed by atoms with Crippen molar-refractivity contribution in [3.63, 3.8) is 0 Å². The molecule has 114 valence electrons. The van der Waals surface area contributed by atoms with E-state index in [1.165, 1.54) is 24.1 Å². The Bertz CT molecular complexity index is 492. The Labute approximate surface area is 127 Å². The summed E-state index contributed by atoms with van der Waals surface area (Å²) in [6.45, 7) is 4.96. The number of carbonyl (C=O) groups excluding carboxylic acids is 1. The molecule has 1 aromatic rings. The van der Waals surface area contributed by atoms with E-state index >= 15 is 0 Å². The maximum atomic E-state index is 12.8. The average molecular weight is 286 g/mol. The van der Waals surface area contributed by atoms with Gasteiger partial charge in [0.1, 0.15) is 6.04 Å². The molecule has 0 bridgehead atoms. The highest BCUT2D eigenvalue weighted by Crippen LogP contribution is 2.29. The average Bonchev–Trinajstić information content (AvgIpc) is 2.82. The topological polar surface area (TPSA) is 23.6 Å². The second kappa shape index (κ2) is 6.50. The van der Waals surface area contributed by atoms with Gasteiger partial charge in [0.2, 0.25) is 5.91 Å². The first-order valence-corrected chi connectivity index (χ1v) is 8.41.